The smallest absolute Gasteiger partial charge is 0.261 e. The van der Waals surface area contributed by atoms with Gasteiger partial charge in [0.1, 0.15) is 5.56 Å². The number of para-hydroxylation sites is 1. The van der Waals surface area contributed by atoms with Gasteiger partial charge < -0.3 is 20.1 Å². The molecule has 8 heteroatoms. The van der Waals surface area contributed by atoms with E-state index in [1.165, 1.54) is 6.07 Å². The lowest BCUT2D eigenvalue weighted by Crippen LogP contribution is -2.51. The Morgan fingerprint density at radius 2 is 1.72 bits per heavy atom. The molecule has 0 unspecified atom stereocenters. The fourth-order valence-electron chi connectivity index (χ4n) is 4.41. The predicted octanol–water partition coefficient (Wildman–Crippen LogP) is 1.61. The second-order valence-corrected chi connectivity index (χ2v) is 9.23. The standard InChI is InChI=1S/C24H28N4O4/c1-24(2)13-19-17(20(29)14-24)12-18(23(32)26-19)22(31)25-15-21(30)28-10-8-27(9-11-28)16-6-4-3-5-7-16/h3-7,12H,8-11,13-15H2,1-2H3,(H,25,31)(H,26,32). The fourth-order valence-corrected chi connectivity index (χ4v) is 4.41. The Labute approximate surface area is 186 Å². The molecule has 0 spiro atoms. The molecule has 168 valence electrons. The topological polar surface area (TPSA) is 103 Å². The molecule has 0 radical (unpaired) electrons. The maximum atomic E-state index is 12.6. The van der Waals surface area contributed by atoms with Crippen molar-refractivity contribution in [1.29, 1.82) is 0 Å². The Kier molecular flexibility index (Phi) is 5.86. The molecule has 32 heavy (non-hydrogen) atoms. The minimum atomic E-state index is -0.650. The molecular weight excluding hydrogens is 408 g/mol. The zero-order chi connectivity index (χ0) is 22.9. The molecule has 0 bridgehead atoms. The number of benzene rings is 1. The van der Waals surface area contributed by atoms with Crippen molar-refractivity contribution >= 4 is 23.3 Å². The van der Waals surface area contributed by atoms with Gasteiger partial charge in [0.15, 0.2) is 5.78 Å². The molecule has 8 nitrogen and oxygen atoms in total. The molecule has 2 aliphatic rings. The predicted molar refractivity (Wildman–Crippen MR) is 121 cm³/mol. The van der Waals surface area contributed by atoms with E-state index in [0.29, 0.717) is 50.3 Å². The van der Waals surface area contributed by atoms with Gasteiger partial charge in [-0.25, -0.2) is 0 Å². The van der Waals surface area contributed by atoms with E-state index in [0.717, 1.165) is 5.69 Å². The van der Waals surface area contributed by atoms with Crippen molar-refractivity contribution in [1.82, 2.24) is 15.2 Å². The van der Waals surface area contributed by atoms with Crippen LogP contribution >= 0.6 is 0 Å². The minimum absolute atomic E-state index is 0.0890. The Bertz CT molecular complexity index is 1100. The average molecular weight is 437 g/mol. The third-order valence-electron chi connectivity index (χ3n) is 6.12. The number of nitrogens with one attached hydrogen (secondary N) is 2. The molecule has 1 aromatic carbocycles. The van der Waals surface area contributed by atoms with Gasteiger partial charge >= 0.3 is 0 Å². The quantitative estimate of drug-likeness (QED) is 0.758. The average Bonchev–Trinajstić information content (AvgIpc) is 2.76. The molecule has 1 saturated heterocycles. The second-order valence-electron chi connectivity index (χ2n) is 9.23. The molecule has 1 fully saturated rings. The first kappa shape index (κ1) is 21.8. The number of fused-ring (bicyclic) bond motifs is 1. The Morgan fingerprint density at radius 3 is 2.41 bits per heavy atom. The molecule has 1 aromatic heterocycles. The number of H-pyrrole nitrogens is 1. The maximum absolute atomic E-state index is 12.6. The first-order valence-electron chi connectivity index (χ1n) is 10.9. The summed E-state index contributed by atoms with van der Waals surface area (Å²) in [7, 11) is 0. The van der Waals surface area contributed by atoms with E-state index in [9.17, 15) is 19.2 Å². The van der Waals surface area contributed by atoms with Crippen molar-refractivity contribution < 1.29 is 14.4 Å². The van der Waals surface area contributed by atoms with Crippen molar-refractivity contribution in [3.8, 4) is 0 Å². The Balaban J connectivity index is 1.35. The van der Waals surface area contributed by atoms with E-state index in [2.05, 4.69) is 15.2 Å². The summed E-state index contributed by atoms with van der Waals surface area (Å²) in [5, 5.41) is 2.54. The van der Waals surface area contributed by atoms with Gasteiger partial charge in [-0.3, -0.25) is 19.2 Å². The zero-order valence-corrected chi connectivity index (χ0v) is 18.4. The first-order valence-corrected chi connectivity index (χ1v) is 10.9. The minimum Gasteiger partial charge on any atom is -0.368 e. The number of nitrogens with zero attached hydrogens (tertiary/aromatic N) is 2. The van der Waals surface area contributed by atoms with E-state index in [1.807, 2.05) is 44.2 Å². The molecule has 2 amide bonds. The zero-order valence-electron chi connectivity index (χ0n) is 18.4. The van der Waals surface area contributed by atoms with Crippen molar-refractivity contribution in [3.05, 3.63) is 63.6 Å². The number of piperazine rings is 1. The van der Waals surface area contributed by atoms with Gasteiger partial charge in [-0.15, -0.1) is 0 Å². The fraction of sp³-hybridized carbons (Fsp3) is 0.417. The van der Waals surface area contributed by atoms with Gasteiger partial charge in [0.25, 0.3) is 11.5 Å². The van der Waals surface area contributed by atoms with Crippen LogP contribution in [-0.2, 0) is 11.2 Å². The summed E-state index contributed by atoms with van der Waals surface area (Å²) in [6.07, 6.45) is 0.930. The SMILES string of the molecule is CC1(C)CC(=O)c2cc(C(=O)NCC(=O)N3CCN(c4ccccc4)CC3)c(=O)[nH]c2C1. The highest BCUT2D eigenvalue weighted by Gasteiger charge is 2.32. The molecule has 2 N–H and O–H groups in total. The van der Waals surface area contributed by atoms with E-state index < -0.39 is 11.5 Å². The lowest BCUT2D eigenvalue weighted by molar-refractivity contribution is -0.130. The highest BCUT2D eigenvalue weighted by Crippen LogP contribution is 2.33. The van der Waals surface area contributed by atoms with Gasteiger partial charge in [0.05, 0.1) is 6.54 Å². The van der Waals surface area contributed by atoms with E-state index >= 15 is 0 Å². The third kappa shape index (κ3) is 4.59. The number of carbonyl (C=O) groups excluding carboxylic acids is 3. The van der Waals surface area contributed by atoms with Crippen molar-refractivity contribution in [2.45, 2.75) is 26.7 Å². The monoisotopic (exact) mass is 436 g/mol. The van der Waals surface area contributed by atoms with Crippen molar-refractivity contribution in [2.75, 3.05) is 37.6 Å². The van der Waals surface area contributed by atoms with Crippen LogP contribution in [0.5, 0.6) is 0 Å². The summed E-state index contributed by atoms with van der Waals surface area (Å²) in [5.41, 5.74) is 1.16. The Hall–Kier alpha value is -3.42. The largest absolute Gasteiger partial charge is 0.368 e. The number of rotatable bonds is 4. The molecule has 4 rings (SSSR count). The second kappa shape index (κ2) is 8.61. The van der Waals surface area contributed by atoms with Crippen LogP contribution in [0, 0.1) is 5.41 Å². The van der Waals surface area contributed by atoms with Crippen molar-refractivity contribution in [2.24, 2.45) is 5.41 Å². The highest BCUT2D eigenvalue weighted by atomic mass is 16.2. The number of Topliss-reactive ketones (excluding diaryl/α,β-unsaturated/α-hetero) is 1. The summed E-state index contributed by atoms with van der Waals surface area (Å²) < 4.78 is 0. The number of carbonyl (C=O) groups is 3. The van der Waals surface area contributed by atoms with E-state index in [4.69, 9.17) is 0 Å². The summed E-state index contributed by atoms with van der Waals surface area (Å²) in [6, 6.07) is 11.4. The van der Waals surface area contributed by atoms with Crippen LogP contribution in [-0.4, -0.2) is 60.2 Å². The van der Waals surface area contributed by atoms with E-state index in [1.54, 1.807) is 4.90 Å². The van der Waals surface area contributed by atoms with Gasteiger partial charge in [0, 0.05) is 49.5 Å². The van der Waals surface area contributed by atoms with Gasteiger partial charge in [-0.05, 0) is 30.0 Å². The molecule has 2 aromatic rings. The normalized spacial score (nSPS) is 17.6. The lowest BCUT2D eigenvalue weighted by atomic mass is 9.75. The number of hydrogen-bond acceptors (Lipinski definition) is 5. The van der Waals surface area contributed by atoms with Crippen LogP contribution < -0.4 is 15.8 Å². The number of anilines is 1. The molecule has 0 atom stereocenters. The van der Waals surface area contributed by atoms with Crippen LogP contribution in [0.1, 0.15) is 46.7 Å². The van der Waals surface area contributed by atoms with Gasteiger partial charge in [-0.2, -0.15) is 0 Å². The number of amides is 2. The molecule has 1 aliphatic heterocycles. The summed E-state index contributed by atoms with van der Waals surface area (Å²) in [4.78, 5) is 56.7. The van der Waals surface area contributed by atoms with Crippen LogP contribution in [0.25, 0.3) is 0 Å². The van der Waals surface area contributed by atoms with Gasteiger partial charge in [-0.1, -0.05) is 32.0 Å². The number of hydrogen-bond donors (Lipinski definition) is 2. The highest BCUT2D eigenvalue weighted by molar-refractivity contribution is 6.02. The lowest BCUT2D eigenvalue weighted by Gasteiger charge is -2.36. The van der Waals surface area contributed by atoms with Crippen LogP contribution in [0.3, 0.4) is 0 Å². The third-order valence-corrected chi connectivity index (χ3v) is 6.12. The van der Waals surface area contributed by atoms with Crippen LogP contribution in [0.15, 0.2) is 41.2 Å². The van der Waals surface area contributed by atoms with Crippen LogP contribution in [0.4, 0.5) is 5.69 Å². The van der Waals surface area contributed by atoms with E-state index in [-0.39, 0.29) is 29.2 Å². The maximum Gasteiger partial charge on any atom is 0.261 e. The number of ketones is 1. The molecule has 1 aliphatic carbocycles. The summed E-state index contributed by atoms with van der Waals surface area (Å²) >= 11 is 0. The molecule has 2 heterocycles. The Morgan fingerprint density at radius 1 is 1.03 bits per heavy atom. The summed E-state index contributed by atoms with van der Waals surface area (Å²) in [6.45, 7) is 6.30. The number of aromatic nitrogens is 1. The number of aromatic amines is 1. The molecular formula is C24H28N4O4. The molecule has 0 saturated carbocycles. The van der Waals surface area contributed by atoms with Gasteiger partial charge in [0.2, 0.25) is 5.91 Å². The first-order chi connectivity index (χ1) is 15.2. The summed E-state index contributed by atoms with van der Waals surface area (Å²) in [5.74, 6) is -0.935. The van der Waals surface area contributed by atoms with Crippen molar-refractivity contribution in [3.63, 3.8) is 0 Å². The van der Waals surface area contributed by atoms with Crippen LogP contribution in [0.2, 0.25) is 0 Å². The number of pyridine rings is 1.